The highest BCUT2D eigenvalue weighted by Crippen LogP contribution is 2.25. The van der Waals surface area contributed by atoms with Gasteiger partial charge in [-0.25, -0.2) is 0 Å². The van der Waals surface area contributed by atoms with Crippen LogP contribution in [-0.4, -0.2) is 20.3 Å². The van der Waals surface area contributed by atoms with Gasteiger partial charge in [-0.1, -0.05) is 18.6 Å². The van der Waals surface area contributed by atoms with E-state index in [9.17, 15) is 0 Å². The van der Waals surface area contributed by atoms with Crippen LogP contribution < -0.4 is 14.8 Å². The smallest absolute Gasteiger partial charge is 0.127 e. The molecule has 19 heavy (non-hydrogen) atoms. The molecule has 0 spiro atoms. The van der Waals surface area contributed by atoms with E-state index in [1.807, 2.05) is 12.1 Å². The SMILES string of the molecule is CCCNCc1ccc(OC)cc1OCC=C(C)C. The molecule has 0 unspecified atom stereocenters. The lowest BCUT2D eigenvalue weighted by atomic mass is 10.2. The van der Waals surface area contributed by atoms with Crippen LogP contribution in [-0.2, 0) is 6.54 Å². The molecular formula is C16H25NO2. The molecule has 0 aliphatic heterocycles. The molecule has 0 atom stereocenters. The maximum absolute atomic E-state index is 5.82. The first-order valence-electron chi connectivity index (χ1n) is 6.81. The molecule has 106 valence electrons. The average Bonchev–Trinajstić information content (AvgIpc) is 2.40. The standard InChI is InChI=1S/C16H25NO2/c1-5-9-17-12-14-6-7-15(18-4)11-16(14)19-10-8-13(2)3/h6-8,11,17H,5,9-10,12H2,1-4H3. The van der Waals surface area contributed by atoms with E-state index in [1.165, 1.54) is 5.57 Å². The molecule has 0 aliphatic rings. The van der Waals surface area contributed by atoms with Crippen LogP contribution in [0.1, 0.15) is 32.8 Å². The van der Waals surface area contributed by atoms with Crippen molar-refractivity contribution in [2.24, 2.45) is 0 Å². The van der Waals surface area contributed by atoms with Gasteiger partial charge < -0.3 is 14.8 Å². The third-order valence-corrected chi connectivity index (χ3v) is 2.75. The summed E-state index contributed by atoms with van der Waals surface area (Å²) in [4.78, 5) is 0. The molecule has 0 radical (unpaired) electrons. The summed E-state index contributed by atoms with van der Waals surface area (Å²) in [5.74, 6) is 1.71. The highest BCUT2D eigenvalue weighted by atomic mass is 16.5. The van der Waals surface area contributed by atoms with Gasteiger partial charge >= 0.3 is 0 Å². The highest BCUT2D eigenvalue weighted by Gasteiger charge is 2.05. The van der Waals surface area contributed by atoms with Crippen molar-refractivity contribution in [3.05, 3.63) is 35.4 Å². The summed E-state index contributed by atoms with van der Waals surface area (Å²) in [5, 5.41) is 3.39. The van der Waals surface area contributed by atoms with Gasteiger partial charge in [-0.2, -0.15) is 0 Å². The molecule has 0 heterocycles. The maximum Gasteiger partial charge on any atom is 0.127 e. The van der Waals surface area contributed by atoms with Crippen molar-refractivity contribution >= 4 is 0 Å². The van der Waals surface area contributed by atoms with Crippen molar-refractivity contribution in [3.8, 4) is 11.5 Å². The zero-order valence-corrected chi connectivity index (χ0v) is 12.5. The van der Waals surface area contributed by atoms with Crippen LogP contribution in [0.2, 0.25) is 0 Å². The van der Waals surface area contributed by atoms with Gasteiger partial charge in [0.2, 0.25) is 0 Å². The second-order valence-corrected chi connectivity index (χ2v) is 4.74. The average molecular weight is 263 g/mol. The Morgan fingerprint density at radius 1 is 1.32 bits per heavy atom. The normalized spacial score (nSPS) is 10.1. The van der Waals surface area contributed by atoms with Gasteiger partial charge in [-0.15, -0.1) is 0 Å². The zero-order chi connectivity index (χ0) is 14.1. The van der Waals surface area contributed by atoms with E-state index >= 15 is 0 Å². The summed E-state index contributed by atoms with van der Waals surface area (Å²) in [6.07, 6.45) is 3.20. The number of hydrogen-bond acceptors (Lipinski definition) is 3. The van der Waals surface area contributed by atoms with Gasteiger partial charge in [0.25, 0.3) is 0 Å². The molecule has 0 aliphatic carbocycles. The highest BCUT2D eigenvalue weighted by molar-refractivity contribution is 5.40. The lowest BCUT2D eigenvalue weighted by molar-refractivity contribution is 0.351. The van der Waals surface area contributed by atoms with E-state index in [0.29, 0.717) is 6.61 Å². The van der Waals surface area contributed by atoms with Crippen LogP contribution >= 0.6 is 0 Å². The number of nitrogens with one attached hydrogen (secondary N) is 1. The number of hydrogen-bond donors (Lipinski definition) is 1. The third-order valence-electron chi connectivity index (χ3n) is 2.75. The fourth-order valence-electron chi connectivity index (χ4n) is 1.64. The van der Waals surface area contributed by atoms with Crippen molar-refractivity contribution in [1.82, 2.24) is 5.32 Å². The molecule has 0 bridgehead atoms. The van der Waals surface area contributed by atoms with Gasteiger partial charge in [-0.05, 0) is 39.0 Å². The largest absolute Gasteiger partial charge is 0.497 e. The minimum atomic E-state index is 0.594. The number of methoxy groups -OCH3 is 1. The van der Waals surface area contributed by atoms with Crippen molar-refractivity contribution in [2.45, 2.75) is 33.7 Å². The molecule has 0 fully saturated rings. The second-order valence-electron chi connectivity index (χ2n) is 4.74. The Balaban J connectivity index is 2.74. The topological polar surface area (TPSA) is 30.5 Å². The third kappa shape index (κ3) is 5.79. The molecule has 0 saturated heterocycles. The molecule has 1 aromatic carbocycles. The summed E-state index contributed by atoms with van der Waals surface area (Å²) >= 11 is 0. The number of ether oxygens (including phenoxy) is 2. The summed E-state index contributed by atoms with van der Waals surface area (Å²) in [6.45, 7) is 8.72. The van der Waals surface area contributed by atoms with E-state index in [-0.39, 0.29) is 0 Å². The van der Waals surface area contributed by atoms with Crippen LogP contribution in [0.15, 0.2) is 29.8 Å². The molecule has 1 aromatic rings. The quantitative estimate of drug-likeness (QED) is 0.575. The van der Waals surface area contributed by atoms with Crippen LogP contribution in [0, 0.1) is 0 Å². The molecule has 3 heteroatoms. The first-order chi connectivity index (χ1) is 9.17. The molecule has 3 nitrogen and oxygen atoms in total. The van der Waals surface area contributed by atoms with Gasteiger partial charge in [0.15, 0.2) is 0 Å². The first-order valence-corrected chi connectivity index (χ1v) is 6.81. The molecule has 0 saturated carbocycles. The van der Waals surface area contributed by atoms with E-state index in [4.69, 9.17) is 9.47 Å². The van der Waals surface area contributed by atoms with Crippen molar-refractivity contribution in [1.29, 1.82) is 0 Å². The van der Waals surface area contributed by atoms with Gasteiger partial charge in [-0.3, -0.25) is 0 Å². The Labute approximate surface area is 116 Å². The Hall–Kier alpha value is -1.48. The van der Waals surface area contributed by atoms with Crippen LogP contribution in [0.4, 0.5) is 0 Å². The molecule has 0 amide bonds. The lowest BCUT2D eigenvalue weighted by Gasteiger charge is -2.12. The number of benzene rings is 1. The number of rotatable bonds is 8. The monoisotopic (exact) mass is 263 g/mol. The van der Waals surface area contributed by atoms with Crippen molar-refractivity contribution in [3.63, 3.8) is 0 Å². The maximum atomic E-state index is 5.82. The Morgan fingerprint density at radius 3 is 2.74 bits per heavy atom. The second kappa shape index (κ2) is 8.59. The summed E-state index contributed by atoms with van der Waals surface area (Å²) in [5.41, 5.74) is 2.42. The van der Waals surface area contributed by atoms with Crippen LogP contribution in [0.3, 0.4) is 0 Å². The predicted octanol–water partition coefficient (Wildman–Crippen LogP) is 3.54. The Bertz CT molecular complexity index is 409. The van der Waals surface area contributed by atoms with Crippen LogP contribution in [0.25, 0.3) is 0 Å². The number of allylic oxidation sites excluding steroid dienone is 1. The predicted molar refractivity (Wildman–Crippen MR) is 79.9 cm³/mol. The van der Waals surface area contributed by atoms with Crippen molar-refractivity contribution < 1.29 is 9.47 Å². The van der Waals surface area contributed by atoms with E-state index in [2.05, 4.69) is 38.2 Å². The minimum absolute atomic E-state index is 0.594. The van der Waals surface area contributed by atoms with Gasteiger partial charge in [0, 0.05) is 18.2 Å². The lowest BCUT2D eigenvalue weighted by Crippen LogP contribution is -2.14. The summed E-state index contributed by atoms with van der Waals surface area (Å²) in [7, 11) is 1.67. The minimum Gasteiger partial charge on any atom is -0.497 e. The van der Waals surface area contributed by atoms with Gasteiger partial charge in [0.05, 0.1) is 7.11 Å². The molecule has 1 N–H and O–H groups in total. The van der Waals surface area contributed by atoms with Crippen LogP contribution in [0.5, 0.6) is 11.5 Å². The summed E-state index contributed by atoms with van der Waals surface area (Å²) in [6, 6.07) is 5.97. The molecule has 0 aromatic heterocycles. The van der Waals surface area contributed by atoms with E-state index < -0.39 is 0 Å². The Kier molecular flexibility index (Phi) is 7.04. The van der Waals surface area contributed by atoms with E-state index in [0.717, 1.165) is 36.6 Å². The first kappa shape index (κ1) is 15.6. The fraction of sp³-hybridized carbons (Fsp3) is 0.500. The molecule has 1 rings (SSSR count). The van der Waals surface area contributed by atoms with Crippen molar-refractivity contribution in [2.75, 3.05) is 20.3 Å². The molecular weight excluding hydrogens is 238 g/mol. The summed E-state index contributed by atoms with van der Waals surface area (Å²) < 4.78 is 11.1. The van der Waals surface area contributed by atoms with E-state index in [1.54, 1.807) is 7.11 Å². The zero-order valence-electron chi connectivity index (χ0n) is 12.5. The Morgan fingerprint density at radius 2 is 2.11 bits per heavy atom. The fourth-order valence-corrected chi connectivity index (χ4v) is 1.64. The van der Waals surface area contributed by atoms with Gasteiger partial charge in [0.1, 0.15) is 18.1 Å².